The van der Waals surface area contributed by atoms with Crippen LogP contribution in [-0.2, 0) is 11.8 Å². The van der Waals surface area contributed by atoms with Crippen molar-refractivity contribution < 1.29 is 14.6 Å². The topological polar surface area (TPSA) is 79.0 Å². The van der Waals surface area contributed by atoms with Gasteiger partial charge in [0.25, 0.3) is 5.91 Å². The highest BCUT2D eigenvalue weighted by Gasteiger charge is 2.73. The molecule has 3 fully saturated rings. The van der Waals surface area contributed by atoms with Crippen molar-refractivity contribution in [3.8, 4) is 5.75 Å². The molecule has 3 aliphatic carbocycles. The van der Waals surface area contributed by atoms with Crippen LogP contribution in [0.4, 0.5) is 0 Å². The van der Waals surface area contributed by atoms with Crippen LogP contribution in [0.2, 0.25) is 0 Å². The summed E-state index contributed by atoms with van der Waals surface area (Å²) in [6.07, 6.45) is 5.50. The standard InChI is InChI=1S/C25H33Cl2N3O3/c26-8-11-29(12-9-27)18-5-6-25(32)19-13-16-3-4-17(23(28)31)21-20(16)24(25,22(18)33-21)7-10-30(19)14-15-1-2-15/h3-4,15,18-19,22,32H,1-2,5-14H2,(H2,28,31)/t18-,19-,22+,24+,25-/m1/s1. The summed E-state index contributed by atoms with van der Waals surface area (Å²) in [6.45, 7) is 3.46. The Bertz CT molecular complexity index is 966. The number of carbonyl (C=O) groups is 1. The van der Waals surface area contributed by atoms with Crippen LogP contribution in [0, 0.1) is 5.92 Å². The zero-order valence-corrected chi connectivity index (χ0v) is 20.5. The van der Waals surface area contributed by atoms with Gasteiger partial charge >= 0.3 is 0 Å². The molecule has 5 aliphatic rings. The average molecular weight is 494 g/mol. The lowest BCUT2D eigenvalue weighted by molar-refractivity contribution is -0.200. The molecule has 1 amide bonds. The first-order valence-electron chi connectivity index (χ1n) is 12.4. The number of hydrogen-bond donors (Lipinski definition) is 2. The largest absolute Gasteiger partial charge is 0.487 e. The van der Waals surface area contributed by atoms with E-state index in [1.807, 2.05) is 6.07 Å². The van der Waals surface area contributed by atoms with E-state index in [9.17, 15) is 9.90 Å². The van der Waals surface area contributed by atoms with Crippen LogP contribution >= 0.6 is 23.2 Å². The maximum absolute atomic E-state index is 12.6. The molecule has 33 heavy (non-hydrogen) atoms. The van der Waals surface area contributed by atoms with Gasteiger partial charge in [0.2, 0.25) is 0 Å². The SMILES string of the molecule is NC(=O)c1ccc2c3c1O[C@H]1[C@H](N(CCCl)CCCl)CC[C@@]4(O)[C@@H](C2)N(CC2CC2)CC[C@]314. The van der Waals surface area contributed by atoms with Gasteiger partial charge in [0.1, 0.15) is 11.9 Å². The molecule has 8 heteroatoms. The van der Waals surface area contributed by atoms with Gasteiger partial charge in [-0.3, -0.25) is 14.6 Å². The van der Waals surface area contributed by atoms with Gasteiger partial charge in [0.05, 0.1) is 16.6 Å². The quantitative estimate of drug-likeness (QED) is 0.543. The van der Waals surface area contributed by atoms with Crippen LogP contribution in [0.5, 0.6) is 5.75 Å². The summed E-state index contributed by atoms with van der Waals surface area (Å²) in [5, 5.41) is 12.6. The Morgan fingerprint density at radius 2 is 1.97 bits per heavy atom. The normalized spacial score (nSPS) is 36.5. The molecule has 2 bridgehead atoms. The second kappa shape index (κ2) is 7.99. The summed E-state index contributed by atoms with van der Waals surface area (Å²) in [4.78, 5) is 17.2. The molecule has 0 unspecified atom stereocenters. The third kappa shape index (κ3) is 3.07. The second-order valence-corrected chi connectivity index (χ2v) is 11.5. The molecular weight excluding hydrogens is 461 g/mol. The number of likely N-dealkylation sites (tertiary alicyclic amines) is 1. The summed E-state index contributed by atoms with van der Waals surface area (Å²) < 4.78 is 6.74. The van der Waals surface area contributed by atoms with E-state index in [-0.39, 0.29) is 18.2 Å². The van der Waals surface area contributed by atoms with Crippen molar-refractivity contribution >= 4 is 29.1 Å². The highest BCUT2D eigenvalue weighted by molar-refractivity contribution is 6.18. The molecule has 1 aromatic carbocycles. The summed E-state index contributed by atoms with van der Waals surface area (Å²) in [7, 11) is 0. The lowest BCUT2D eigenvalue weighted by Crippen LogP contribution is -2.78. The van der Waals surface area contributed by atoms with Crippen molar-refractivity contribution in [2.45, 2.75) is 67.7 Å². The number of ether oxygens (including phenoxy) is 1. The number of amides is 1. The fraction of sp³-hybridized carbons (Fsp3) is 0.720. The smallest absolute Gasteiger partial charge is 0.252 e. The molecule has 2 aliphatic heterocycles. The average Bonchev–Trinajstić information content (AvgIpc) is 3.53. The van der Waals surface area contributed by atoms with Crippen LogP contribution < -0.4 is 10.5 Å². The second-order valence-electron chi connectivity index (χ2n) is 10.7. The maximum Gasteiger partial charge on any atom is 0.252 e. The predicted octanol–water partition coefficient (Wildman–Crippen LogP) is 2.50. The van der Waals surface area contributed by atoms with Gasteiger partial charge in [0, 0.05) is 49.0 Å². The Hall–Kier alpha value is -1.05. The zero-order valence-electron chi connectivity index (χ0n) is 18.9. The highest BCUT2D eigenvalue weighted by atomic mass is 35.5. The predicted molar refractivity (Wildman–Crippen MR) is 128 cm³/mol. The lowest BCUT2D eigenvalue weighted by Gasteiger charge is -2.65. The third-order valence-electron chi connectivity index (χ3n) is 9.23. The first-order chi connectivity index (χ1) is 15.9. The number of piperidine rings is 1. The van der Waals surface area contributed by atoms with Gasteiger partial charge in [-0.15, -0.1) is 23.2 Å². The van der Waals surface area contributed by atoms with Crippen LogP contribution in [0.3, 0.4) is 0 Å². The highest BCUT2D eigenvalue weighted by Crippen LogP contribution is 2.65. The van der Waals surface area contributed by atoms with E-state index in [2.05, 4.69) is 15.9 Å². The van der Waals surface area contributed by atoms with Crippen molar-refractivity contribution in [2.24, 2.45) is 11.7 Å². The van der Waals surface area contributed by atoms with Crippen LogP contribution in [0.15, 0.2) is 12.1 Å². The number of aliphatic hydroxyl groups is 1. The van der Waals surface area contributed by atoms with E-state index in [0.29, 0.717) is 29.5 Å². The number of hydrogen-bond acceptors (Lipinski definition) is 5. The molecular formula is C25H33Cl2N3O3. The first kappa shape index (κ1) is 22.4. The number of rotatable bonds is 8. The van der Waals surface area contributed by atoms with E-state index in [4.69, 9.17) is 33.7 Å². The molecule has 1 aromatic rings. The zero-order chi connectivity index (χ0) is 23.0. The van der Waals surface area contributed by atoms with Gasteiger partial charge in [-0.25, -0.2) is 0 Å². The maximum atomic E-state index is 12.6. The van der Waals surface area contributed by atoms with E-state index < -0.39 is 16.9 Å². The van der Waals surface area contributed by atoms with Crippen LogP contribution in [0.1, 0.15) is 53.6 Å². The Balaban J connectivity index is 1.50. The van der Waals surface area contributed by atoms with Gasteiger partial charge in [0.15, 0.2) is 0 Å². The van der Waals surface area contributed by atoms with Gasteiger partial charge < -0.3 is 15.6 Å². The fourth-order valence-electron chi connectivity index (χ4n) is 7.70. The minimum atomic E-state index is -0.885. The number of halogens is 2. The number of carbonyl (C=O) groups excluding carboxylic acids is 1. The van der Waals surface area contributed by atoms with Gasteiger partial charge in [-0.05, 0) is 62.6 Å². The van der Waals surface area contributed by atoms with Crippen molar-refractivity contribution in [1.82, 2.24) is 9.80 Å². The number of nitrogens with zero attached hydrogens (tertiary/aromatic N) is 2. The number of alkyl halides is 2. The molecule has 1 saturated heterocycles. The molecule has 2 saturated carbocycles. The molecule has 6 rings (SSSR count). The summed E-state index contributed by atoms with van der Waals surface area (Å²) in [5.41, 5.74) is 7.04. The minimum Gasteiger partial charge on any atom is -0.487 e. The Labute approximate surface area is 205 Å². The molecule has 6 nitrogen and oxygen atoms in total. The van der Waals surface area contributed by atoms with Crippen molar-refractivity contribution in [1.29, 1.82) is 0 Å². The summed E-state index contributed by atoms with van der Waals surface area (Å²) in [6, 6.07) is 4.03. The summed E-state index contributed by atoms with van der Waals surface area (Å²) >= 11 is 12.4. The molecule has 0 radical (unpaired) electrons. The molecule has 0 aromatic heterocycles. The molecule has 3 N–H and O–H groups in total. The molecule has 2 heterocycles. The number of nitrogens with two attached hydrogens (primary N) is 1. The van der Waals surface area contributed by atoms with Crippen molar-refractivity contribution in [3.63, 3.8) is 0 Å². The number of primary amides is 1. The fourth-order valence-corrected chi connectivity index (χ4v) is 8.13. The van der Waals surface area contributed by atoms with Crippen LogP contribution in [-0.4, -0.2) is 82.5 Å². The molecule has 180 valence electrons. The Morgan fingerprint density at radius 1 is 1.21 bits per heavy atom. The Kier molecular flexibility index (Phi) is 5.43. The van der Waals surface area contributed by atoms with Crippen molar-refractivity contribution in [3.05, 3.63) is 28.8 Å². The van der Waals surface area contributed by atoms with Gasteiger partial charge in [-0.1, -0.05) is 6.07 Å². The van der Waals surface area contributed by atoms with Crippen LogP contribution in [0.25, 0.3) is 0 Å². The lowest BCUT2D eigenvalue weighted by atomic mass is 9.48. The monoisotopic (exact) mass is 493 g/mol. The van der Waals surface area contributed by atoms with Gasteiger partial charge in [-0.2, -0.15) is 0 Å². The first-order valence-corrected chi connectivity index (χ1v) is 13.5. The van der Waals surface area contributed by atoms with E-state index in [1.165, 1.54) is 18.4 Å². The molecule has 5 atom stereocenters. The van der Waals surface area contributed by atoms with E-state index >= 15 is 0 Å². The van der Waals surface area contributed by atoms with E-state index in [0.717, 1.165) is 56.9 Å². The number of benzene rings is 1. The molecule has 1 spiro atoms. The summed E-state index contributed by atoms with van der Waals surface area (Å²) in [5.74, 6) is 1.93. The van der Waals surface area contributed by atoms with Crippen molar-refractivity contribution in [2.75, 3.05) is 37.9 Å². The third-order valence-corrected chi connectivity index (χ3v) is 9.57. The van der Waals surface area contributed by atoms with E-state index in [1.54, 1.807) is 0 Å². The minimum absolute atomic E-state index is 0.0753. The Morgan fingerprint density at radius 3 is 2.64 bits per heavy atom.